The zero-order valence-electron chi connectivity index (χ0n) is 9.83. The van der Waals surface area contributed by atoms with Crippen LogP contribution in [0.2, 0.25) is 0 Å². The summed E-state index contributed by atoms with van der Waals surface area (Å²) in [5.74, 6) is 0.233. The van der Waals surface area contributed by atoms with Crippen LogP contribution in [0.1, 0.15) is 13.8 Å². The molecule has 1 rings (SSSR count). The highest BCUT2D eigenvalue weighted by Gasteiger charge is 2.28. The summed E-state index contributed by atoms with van der Waals surface area (Å²) < 4.78 is 38.5. The fraction of sp³-hybridized carbons (Fsp3) is 0.455. The molecule has 1 aromatic rings. The van der Waals surface area contributed by atoms with Crippen molar-refractivity contribution in [3.8, 4) is 5.75 Å². The molecule has 0 aliphatic heterocycles. The Bertz CT molecular complexity index is 409. The first-order valence-corrected chi connectivity index (χ1v) is 6.78. The van der Waals surface area contributed by atoms with Crippen molar-refractivity contribution in [2.75, 3.05) is 13.2 Å². The highest BCUT2D eigenvalue weighted by Crippen LogP contribution is 2.15. The lowest BCUT2D eigenvalue weighted by atomic mass is 10.3. The molecule has 0 heterocycles. The van der Waals surface area contributed by atoms with Gasteiger partial charge in [-0.2, -0.15) is 8.42 Å². The van der Waals surface area contributed by atoms with E-state index in [4.69, 9.17) is 13.7 Å². The minimum absolute atomic E-state index is 0.224. The predicted octanol–water partition coefficient (Wildman–Crippen LogP) is 1.75. The SMILES string of the molecule is CCOC(OCC)S(=O)(=O)Oc1ccccc1. The van der Waals surface area contributed by atoms with Crippen molar-refractivity contribution in [2.45, 2.75) is 19.5 Å². The third kappa shape index (κ3) is 4.33. The van der Waals surface area contributed by atoms with Gasteiger partial charge in [-0.25, -0.2) is 0 Å². The largest absolute Gasteiger partial charge is 0.379 e. The topological polar surface area (TPSA) is 61.8 Å². The quantitative estimate of drug-likeness (QED) is 0.552. The summed E-state index contributed by atoms with van der Waals surface area (Å²) in [4.78, 5) is 0. The van der Waals surface area contributed by atoms with Crippen LogP contribution in [0.25, 0.3) is 0 Å². The fourth-order valence-electron chi connectivity index (χ4n) is 1.14. The number of rotatable bonds is 7. The average Bonchev–Trinajstić information content (AvgIpc) is 2.29. The van der Waals surface area contributed by atoms with Crippen LogP contribution in [0.15, 0.2) is 30.3 Å². The second-order valence-electron chi connectivity index (χ2n) is 3.09. The van der Waals surface area contributed by atoms with Crippen LogP contribution in [0.4, 0.5) is 0 Å². The molecule has 5 nitrogen and oxygen atoms in total. The minimum atomic E-state index is -3.94. The molecule has 17 heavy (non-hydrogen) atoms. The van der Waals surface area contributed by atoms with Crippen LogP contribution in [0, 0.1) is 0 Å². The second-order valence-corrected chi connectivity index (χ2v) is 4.63. The maximum Gasteiger partial charge on any atom is 0.363 e. The number of hydrogen-bond donors (Lipinski definition) is 0. The number of ether oxygens (including phenoxy) is 2. The summed E-state index contributed by atoms with van der Waals surface area (Å²) in [6, 6.07) is 8.23. The molecule has 6 heteroatoms. The number of para-hydroxylation sites is 1. The maximum absolute atomic E-state index is 11.8. The van der Waals surface area contributed by atoms with Gasteiger partial charge in [-0.15, -0.1) is 0 Å². The third-order valence-electron chi connectivity index (χ3n) is 1.80. The molecule has 0 aliphatic rings. The molecule has 0 fully saturated rings. The van der Waals surface area contributed by atoms with Crippen LogP contribution in [-0.4, -0.2) is 27.3 Å². The molecule has 0 N–H and O–H groups in total. The Morgan fingerprint density at radius 2 is 1.59 bits per heavy atom. The van der Waals surface area contributed by atoms with Gasteiger partial charge in [0.25, 0.3) is 0 Å². The van der Waals surface area contributed by atoms with E-state index in [9.17, 15) is 8.42 Å². The van der Waals surface area contributed by atoms with E-state index in [1.54, 1.807) is 44.2 Å². The molecule has 1 aromatic carbocycles. The molecule has 0 aliphatic carbocycles. The molecule has 0 saturated heterocycles. The van der Waals surface area contributed by atoms with Crippen molar-refractivity contribution >= 4 is 10.1 Å². The Hall–Kier alpha value is -1.11. The number of benzene rings is 1. The summed E-state index contributed by atoms with van der Waals surface area (Å²) >= 11 is 0. The average molecular weight is 260 g/mol. The van der Waals surface area contributed by atoms with Crippen molar-refractivity contribution in [2.24, 2.45) is 0 Å². The van der Waals surface area contributed by atoms with Crippen molar-refractivity contribution in [3.05, 3.63) is 30.3 Å². The monoisotopic (exact) mass is 260 g/mol. The van der Waals surface area contributed by atoms with E-state index >= 15 is 0 Å². The molecule has 0 atom stereocenters. The van der Waals surface area contributed by atoms with Crippen LogP contribution in [-0.2, 0) is 19.6 Å². The van der Waals surface area contributed by atoms with E-state index < -0.39 is 15.7 Å². The molecule has 0 bridgehead atoms. The van der Waals surface area contributed by atoms with Crippen LogP contribution < -0.4 is 4.18 Å². The van der Waals surface area contributed by atoms with E-state index in [1.165, 1.54) is 0 Å². The van der Waals surface area contributed by atoms with Gasteiger partial charge < -0.3 is 13.7 Å². The van der Waals surface area contributed by atoms with Gasteiger partial charge in [0.05, 0.1) is 0 Å². The van der Waals surface area contributed by atoms with Gasteiger partial charge in [0.2, 0.25) is 0 Å². The van der Waals surface area contributed by atoms with Gasteiger partial charge >= 0.3 is 15.7 Å². The Morgan fingerprint density at radius 3 is 2.06 bits per heavy atom. The molecule has 0 aromatic heterocycles. The Morgan fingerprint density at radius 1 is 1.06 bits per heavy atom. The van der Waals surface area contributed by atoms with Crippen LogP contribution in [0.3, 0.4) is 0 Å². The standard InChI is InChI=1S/C11H16O5S/c1-3-14-11(15-4-2)17(12,13)16-10-8-6-5-7-9-10/h5-9,11H,3-4H2,1-2H3. The Labute approximate surface area is 101 Å². The normalized spacial score (nSPS) is 11.7. The third-order valence-corrected chi connectivity index (χ3v) is 2.97. The lowest BCUT2D eigenvalue weighted by Crippen LogP contribution is -2.31. The zero-order valence-corrected chi connectivity index (χ0v) is 10.6. The summed E-state index contributed by atoms with van der Waals surface area (Å²) in [7, 11) is -3.94. The fourth-order valence-corrected chi connectivity index (χ4v) is 2.20. The summed E-state index contributed by atoms with van der Waals surface area (Å²) in [6.45, 7) is 3.82. The molecule has 0 unspecified atom stereocenters. The second kappa shape index (κ2) is 6.58. The first-order chi connectivity index (χ1) is 8.10. The summed E-state index contributed by atoms with van der Waals surface area (Å²) in [5, 5.41) is 0. The molecule has 0 radical (unpaired) electrons. The lowest BCUT2D eigenvalue weighted by molar-refractivity contribution is -0.0838. The van der Waals surface area contributed by atoms with E-state index in [2.05, 4.69) is 0 Å². The Kier molecular flexibility index (Phi) is 5.40. The number of hydrogen-bond acceptors (Lipinski definition) is 5. The van der Waals surface area contributed by atoms with E-state index in [0.717, 1.165) is 0 Å². The maximum atomic E-state index is 11.8. The predicted molar refractivity (Wildman–Crippen MR) is 63.0 cm³/mol. The molecular formula is C11H16O5S. The smallest absolute Gasteiger partial charge is 0.363 e. The molecule has 0 saturated carbocycles. The highest BCUT2D eigenvalue weighted by molar-refractivity contribution is 7.87. The van der Waals surface area contributed by atoms with Gasteiger partial charge in [0.1, 0.15) is 5.75 Å². The zero-order chi connectivity index (χ0) is 12.7. The van der Waals surface area contributed by atoms with Crippen molar-refractivity contribution in [3.63, 3.8) is 0 Å². The molecular weight excluding hydrogens is 244 g/mol. The van der Waals surface area contributed by atoms with Gasteiger partial charge in [-0.05, 0) is 26.0 Å². The lowest BCUT2D eigenvalue weighted by Gasteiger charge is -2.17. The first-order valence-electron chi connectivity index (χ1n) is 5.31. The van der Waals surface area contributed by atoms with Crippen LogP contribution in [0.5, 0.6) is 5.75 Å². The van der Waals surface area contributed by atoms with Gasteiger partial charge in [0, 0.05) is 13.2 Å². The highest BCUT2D eigenvalue weighted by atomic mass is 32.2. The van der Waals surface area contributed by atoms with Gasteiger partial charge in [-0.1, -0.05) is 18.2 Å². The van der Waals surface area contributed by atoms with E-state index in [1.807, 2.05) is 0 Å². The minimum Gasteiger partial charge on any atom is -0.379 e. The molecule has 96 valence electrons. The first kappa shape index (κ1) is 14.0. The van der Waals surface area contributed by atoms with Gasteiger partial charge in [-0.3, -0.25) is 0 Å². The summed E-state index contributed by atoms with van der Waals surface area (Å²) in [6.07, 6.45) is 0. The van der Waals surface area contributed by atoms with E-state index in [-0.39, 0.29) is 19.0 Å². The Balaban J connectivity index is 2.78. The molecule has 0 amide bonds. The van der Waals surface area contributed by atoms with Gasteiger partial charge in [0.15, 0.2) is 0 Å². The molecule has 0 spiro atoms. The van der Waals surface area contributed by atoms with Crippen molar-refractivity contribution in [1.29, 1.82) is 0 Å². The summed E-state index contributed by atoms with van der Waals surface area (Å²) in [5.41, 5.74) is -1.39. The van der Waals surface area contributed by atoms with Crippen LogP contribution >= 0.6 is 0 Å². The van der Waals surface area contributed by atoms with Crippen molar-refractivity contribution in [1.82, 2.24) is 0 Å². The van der Waals surface area contributed by atoms with E-state index in [0.29, 0.717) is 0 Å². The van der Waals surface area contributed by atoms with Crippen molar-refractivity contribution < 1.29 is 22.1 Å².